The van der Waals surface area contributed by atoms with E-state index in [9.17, 15) is 19.7 Å². The molecule has 6 nitrogen and oxygen atoms in total. The molecule has 0 unspecified atom stereocenters. The zero-order valence-electron chi connectivity index (χ0n) is 9.86. The van der Waals surface area contributed by atoms with Crippen LogP contribution < -0.4 is 5.32 Å². The summed E-state index contributed by atoms with van der Waals surface area (Å²) in [6, 6.07) is 2.93. The SMILES string of the molecule is CC(=O)Nc1c([N+](=O)[O-])ccc2c1C(=O)CCC2. The van der Waals surface area contributed by atoms with Crippen LogP contribution in [0.4, 0.5) is 11.4 Å². The Hall–Kier alpha value is -2.24. The summed E-state index contributed by atoms with van der Waals surface area (Å²) in [6.07, 6.45) is 1.80. The quantitative estimate of drug-likeness (QED) is 0.640. The Morgan fingerprint density at radius 3 is 2.72 bits per heavy atom. The maximum Gasteiger partial charge on any atom is 0.293 e. The van der Waals surface area contributed by atoms with Gasteiger partial charge in [0.05, 0.1) is 10.5 Å². The van der Waals surface area contributed by atoms with Gasteiger partial charge in [0.15, 0.2) is 5.78 Å². The van der Waals surface area contributed by atoms with Gasteiger partial charge in [0.25, 0.3) is 5.69 Å². The van der Waals surface area contributed by atoms with E-state index in [-0.39, 0.29) is 17.2 Å². The highest BCUT2D eigenvalue weighted by Gasteiger charge is 2.27. The van der Waals surface area contributed by atoms with Gasteiger partial charge in [-0.15, -0.1) is 0 Å². The molecule has 0 radical (unpaired) electrons. The lowest BCUT2D eigenvalue weighted by Gasteiger charge is -2.18. The van der Waals surface area contributed by atoms with Crippen molar-refractivity contribution in [1.82, 2.24) is 0 Å². The number of nitrogens with zero attached hydrogens (tertiary/aromatic N) is 1. The number of aryl methyl sites for hydroxylation is 1. The standard InChI is InChI=1S/C12H12N2O4/c1-7(15)13-12-9(14(17)18)6-5-8-3-2-4-10(16)11(8)12/h5-6H,2-4H2,1H3,(H,13,15). The summed E-state index contributed by atoms with van der Waals surface area (Å²) in [6.45, 7) is 1.26. The van der Waals surface area contributed by atoms with Crippen molar-refractivity contribution in [3.63, 3.8) is 0 Å². The summed E-state index contributed by atoms with van der Waals surface area (Å²) in [5.41, 5.74) is 0.861. The van der Waals surface area contributed by atoms with Crippen molar-refractivity contribution >= 4 is 23.1 Å². The third-order valence-electron chi connectivity index (χ3n) is 2.90. The van der Waals surface area contributed by atoms with E-state index >= 15 is 0 Å². The number of amides is 1. The number of ketones is 1. The van der Waals surface area contributed by atoms with Crippen LogP contribution in [-0.2, 0) is 11.2 Å². The molecule has 0 saturated carbocycles. The molecule has 1 aromatic carbocycles. The van der Waals surface area contributed by atoms with Crippen LogP contribution in [0.15, 0.2) is 12.1 Å². The summed E-state index contributed by atoms with van der Waals surface area (Å²) in [4.78, 5) is 33.4. The third kappa shape index (κ3) is 2.09. The van der Waals surface area contributed by atoms with E-state index in [1.54, 1.807) is 6.07 Å². The number of carbonyl (C=O) groups excluding carboxylic acids is 2. The number of anilines is 1. The summed E-state index contributed by atoms with van der Waals surface area (Å²) in [7, 11) is 0. The van der Waals surface area contributed by atoms with E-state index in [2.05, 4.69) is 5.32 Å². The van der Waals surface area contributed by atoms with Gasteiger partial charge in [-0.3, -0.25) is 19.7 Å². The first-order chi connectivity index (χ1) is 8.50. The predicted octanol–water partition coefficient (Wildman–Crippen LogP) is 2.07. The molecule has 0 saturated heterocycles. The molecule has 0 bridgehead atoms. The normalized spacial score (nSPS) is 13.9. The van der Waals surface area contributed by atoms with E-state index in [4.69, 9.17) is 0 Å². The zero-order chi connectivity index (χ0) is 13.3. The highest BCUT2D eigenvalue weighted by atomic mass is 16.6. The molecule has 0 aromatic heterocycles. The van der Waals surface area contributed by atoms with Crippen molar-refractivity contribution in [2.24, 2.45) is 0 Å². The molecule has 1 aliphatic carbocycles. The molecule has 2 rings (SSSR count). The first kappa shape index (κ1) is 12.2. The number of nitro benzene ring substituents is 1. The molecule has 0 atom stereocenters. The smallest absolute Gasteiger partial charge is 0.293 e. The number of rotatable bonds is 2. The van der Waals surface area contributed by atoms with Crippen LogP contribution in [0.5, 0.6) is 0 Å². The number of Topliss-reactive ketones (excluding diaryl/α,β-unsaturated/α-hetero) is 1. The Morgan fingerprint density at radius 1 is 1.39 bits per heavy atom. The van der Waals surface area contributed by atoms with E-state index in [0.29, 0.717) is 18.4 Å². The van der Waals surface area contributed by atoms with Crippen LogP contribution in [0.25, 0.3) is 0 Å². The second kappa shape index (κ2) is 4.56. The van der Waals surface area contributed by atoms with Crippen LogP contribution in [0.2, 0.25) is 0 Å². The first-order valence-corrected chi connectivity index (χ1v) is 5.61. The molecule has 18 heavy (non-hydrogen) atoms. The zero-order valence-corrected chi connectivity index (χ0v) is 9.86. The fourth-order valence-electron chi connectivity index (χ4n) is 2.18. The van der Waals surface area contributed by atoms with Crippen molar-refractivity contribution in [3.8, 4) is 0 Å². The Bertz CT molecular complexity index is 551. The van der Waals surface area contributed by atoms with Crippen LogP contribution >= 0.6 is 0 Å². The molecule has 0 spiro atoms. The lowest BCUT2D eigenvalue weighted by atomic mass is 9.88. The fraction of sp³-hybridized carbons (Fsp3) is 0.333. The van der Waals surface area contributed by atoms with Crippen LogP contribution in [0.1, 0.15) is 35.7 Å². The van der Waals surface area contributed by atoms with E-state index < -0.39 is 10.8 Å². The molecule has 0 heterocycles. The molecular weight excluding hydrogens is 236 g/mol. The second-order valence-electron chi connectivity index (χ2n) is 4.21. The highest BCUT2D eigenvalue weighted by molar-refractivity contribution is 6.08. The number of nitro groups is 1. The average molecular weight is 248 g/mol. The van der Waals surface area contributed by atoms with Crippen molar-refractivity contribution < 1.29 is 14.5 Å². The molecule has 0 fully saturated rings. The molecule has 1 amide bonds. The van der Waals surface area contributed by atoms with Gasteiger partial charge in [-0.25, -0.2) is 0 Å². The Balaban J connectivity index is 2.65. The summed E-state index contributed by atoms with van der Waals surface area (Å²) < 4.78 is 0. The Labute approximate surface area is 103 Å². The van der Waals surface area contributed by atoms with Gasteiger partial charge in [-0.1, -0.05) is 6.07 Å². The lowest BCUT2D eigenvalue weighted by Crippen LogP contribution is -2.18. The van der Waals surface area contributed by atoms with Crippen LogP contribution in [0.3, 0.4) is 0 Å². The van der Waals surface area contributed by atoms with Gasteiger partial charge in [0.2, 0.25) is 5.91 Å². The molecule has 1 aromatic rings. The molecule has 94 valence electrons. The Morgan fingerprint density at radius 2 is 2.11 bits per heavy atom. The van der Waals surface area contributed by atoms with E-state index in [1.807, 2.05) is 0 Å². The number of fused-ring (bicyclic) bond motifs is 1. The maximum atomic E-state index is 11.9. The minimum absolute atomic E-state index is 0.0368. The van der Waals surface area contributed by atoms with Gasteiger partial charge >= 0.3 is 0 Å². The minimum atomic E-state index is -0.590. The number of benzene rings is 1. The number of carbonyl (C=O) groups is 2. The molecule has 1 N–H and O–H groups in total. The average Bonchev–Trinajstić information content (AvgIpc) is 2.28. The highest BCUT2D eigenvalue weighted by Crippen LogP contribution is 2.35. The van der Waals surface area contributed by atoms with Gasteiger partial charge in [0.1, 0.15) is 5.69 Å². The van der Waals surface area contributed by atoms with Crippen molar-refractivity contribution in [1.29, 1.82) is 0 Å². The topological polar surface area (TPSA) is 89.3 Å². The Kier molecular flexibility index (Phi) is 3.10. The maximum absolute atomic E-state index is 11.9. The third-order valence-corrected chi connectivity index (χ3v) is 2.90. The molecule has 0 aliphatic heterocycles. The number of hydrogen-bond donors (Lipinski definition) is 1. The number of hydrogen-bond acceptors (Lipinski definition) is 4. The van der Waals surface area contributed by atoms with Gasteiger partial charge in [-0.2, -0.15) is 0 Å². The van der Waals surface area contributed by atoms with Gasteiger partial charge < -0.3 is 5.32 Å². The largest absolute Gasteiger partial charge is 0.320 e. The van der Waals surface area contributed by atoms with Crippen LogP contribution in [0, 0.1) is 10.1 Å². The minimum Gasteiger partial charge on any atom is -0.320 e. The predicted molar refractivity (Wildman–Crippen MR) is 64.7 cm³/mol. The molecular formula is C12H12N2O4. The molecule has 1 aliphatic rings. The lowest BCUT2D eigenvalue weighted by molar-refractivity contribution is -0.384. The molecule has 6 heteroatoms. The summed E-state index contributed by atoms with van der Waals surface area (Å²) >= 11 is 0. The van der Waals surface area contributed by atoms with Crippen molar-refractivity contribution in [2.45, 2.75) is 26.2 Å². The monoisotopic (exact) mass is 248 g/mol. The van der Waals surface area contributed by atoms with Crippen molar-refractivity contribution in [2.75, 3.05) is 5.32 Å². The van der Waals surface area contributed by atoms with Crippen LogP contribution in [-0.4, -0.2) is 16.6 Å². The van der Waals surface area contributed by atoms with E-state index in [0.717, 1.165) is 12.0 Å². The fourth-order valence-corrected chi connectivity index (χ4v) is 2.18. The van der Waals surface area contributed by atoms with E-state index in [1.165, 1.54) is 13.0 Å². The second-order valence-corrected chi connectivity index (χ2v) is 4.21. The number of nitrogens with one attached hydrogen (secondary N) is 1. The summed E-state index contributed by atoms with van der Waals surface area (Å²) in [5, 5.41) is 13.4. The van der Waals surface area contributed by atoms with Gasteiger partial charge in [0, 0.05) is 19.4 Å². The summed E-state index contributed by atoms with van der Waals surface area (Å²) in [5.74, 6) is -0.575. The van der Waals surface area contributed by atoms with Crippen molar-refractivity contribution in [3.05, 3.63) is 33.4 Å². The first-order valence-electron chi connectivity index (χ1n) is 5.61. The van der Waals surface area contributed by atoms with Gasteiger partial charge in [-0.05, 0) is 18.4 Å².